The van der Waals surface area contributed by atoms with Crippen LogP contribution in [-0.2, 0) is 14.2 Å². The van der Waals surface area contributed by atoms with E-state index in [9.17, 15) is 0 Å². The summed E-state index contributed by atoms with van der Waals surface area (Å²) in [5.74, 6) is 0. The minimum atomic E-state index is 0.0729. The second kappa shape index (κ2) is 12.2. The number of ether oxygens (including phenoxy) is 3. The predicted octanol–water partition coefficient (Wildman–Crippen LogP) is 0.694. The van der Waals surface area contributed by atoms with E-state index in [1.54, 1.807) is 0 Å². The maximum atomic E-state index is 7.99. The topological polar surface area (TPSA) is 102 Å². The molecule has 7 heteroatoms. The minimum absolute atomic E-state index is 0.0729. The third-order valence-electron chi connectivity index (χ3n) is 1.73. The van der Waals surface area contributed by atoms with E-state index in [1.807, 2.05) is 6.92 Å². The molecular formula is C9H20N4O3. The van der Waals surface area contributed by atoms with Crippen molar-refractivity contribution in [3.8, 4) is 0 Å². The van der Waals surface area contributed by atoms with Gasteiger partial charge in [-0.2, -0.15) is 0 Å². The zero-order valence-corrected chi connectivity index (χ0v) is 9.67. The highest BCUT2D eigenvalue weighted by molar-refractivity contribution is 4.48. The van der Waals surface area contributed by atoms with Crippen molar-refractivity contribution in [3.05, 3.63) is 10.4 Å². The molecule has 16 heavy (non-hydrogen) atoms. The van der Waals surface area contributed by atoms with Gasteiger partial charge in [0.15, 0.2) is 0 Å². The van der Waals surface area contributed by atoms with Gasteiger partial charge in [-0.3, -0.25) is 0 Å². The summed E-state index contributed by atoms with van der Waals surface area (Å²) in [4.78, 5) is 2.61. The summed E-state index contributed by atoms with van der Waals surface area (Å²) in [6.07, 6.45) is 0.0729. The molecule has 0 saturated heterocycles. The first kappa shape index (κ1) is 15.2. The first-order chi connectivity index (χ1) is 7.81. The Bertz CT molecular complexity index is 197. The summed E-state index contributed by atoms with van der Waals surface area (Å²) < 4.78 is 15.7. The lowest BCUT2D eigenvalue weighted by Gasteiger charge is -2.10. The van der Waals surface area contributed by atoms with E-state index in [0.29, 0.717) is 46.1 Å². The average molecular weight is 232 g/mol. The van der Waals surface area contributed by atoms with E-state index < -0.39 is 0 Å². The smallest absolute Gasteiger partial charge is 0.0704 e. The molecule has 0 aliphatic heterocycles. The molecule has 0 aromatic rings. The van der Waals surface area contributed by atoms with Crippen molar-refractivity contribution in [3.63, 3.8) is 0 Å². The number of nitrogens with two attached hydrogens (primary N) is 1. The summed E-state index contributed by atoms with van der Waals surface area (Å²) in [7, 11) is 0. The molecule has 0 aromatic heterocycles. The fourth-order valence-electron chi connectivity index (χ4n) is 0.848. The van der Waals surface area contributed by atoms with Gasteiger partial charge in [-0.25, -0.2) is 0 Å². The van der Waals surface area contributed by atoms with E-state index >= 15 is 0 Å². The molecule has 0 aromatic carbocycles. The van der Waals surface area contributed by atoms with Crippen LogP contribution in [0.4, 0.5) is 0 Å². The van der Waals surface area contributed by atoms with Crippen LogP contribution in [0.2, 0.25) is 0 Å². The Labute approximate surface area is 95.5 Å². The van der Waals surface area contributed by atoms with Crippen LogP contribution in [0.5, 0.6) is 0 Å². The zero-order valence-electron chi connectivity index (χ0n) is 9.67. The molecule has 1 atom stereocenters. The zero-order chi connectivity index (χ0) is 12.1. The molecule has 0 bridgehead atoms. The third kappa shape index (κ3) is 11.2. The Morgan fingerprint density at radius 1 is 1.19 bits per heavy atom. The van der Waals surface area contributed by atoms with Crippen molar-refractivity contribution in [2.45, 2.75) is 13.0 Å². The van der Waals surface area contributed by atoms with Gasteiger partial charge in [-0.05, 0) is 12.5 Å². The maximum Gasteiger partial charge on any atom is 0.0704 e. The summed E-state index contributed by atoms with van der Waals surface area (Å²) >= 11 is 0. The summed E-state index contributed by atoms with van der Waals surface area (Å²) in [6.45, 7) is 5.29. The Morgan fingerprint density at radius 3 is 2.44 bits per heavy atom. The number of azide groups is 1. The highest BCUT2D eigenvalue weighted by Gasteiger charge is 1.97. The Balaban J connectivity index is 3.01. The van der Waals surface area contributed by atoms with Gasteiger partial charge in [0.1, 0.15) is 0 Å². The number of hydrogen-bond acceptors (Lipinski definition) is 5. The Kier molecular flexibility index (Phi) is 11.6. The average Bonchev–Trinajstić information content (AvgIpc) is 2.31. The van der Waals surface area contributed by atoms with Crippen molar-refractivity contribution in [2.75, 3.05) is 46.1 Å². The van der Waals surface area contributed by atoms with E-state index in [0.717, 1.165) is 0 Å². The van der Waals surface area contributed by atoms with Gasteiger partial charge >= 0.3 is 0 Å². The molecule has 1 unspecified atom stereocenters. The second-order valence-corrected chi connectivity index (χ2v) is 3.10. The van der Waals surface area contributed by atoms with Gasteiger partial charge in [0.05, 0.1) is 39.1 Å². The molecule has 0 radical (unpaired) electrons. The first-order valence-corrected chi connectivity index (χ1v) is 5.29. The fourth-order valence-corrected chi connectivity index (χ4v) is 0.848. The van der Waals surface area contributed by atoms with E-state index in [2.05, 4.69) is 10.0 Å². The first-order valence-electron chi connectivity index (χ1n) is 5.29. The quantitative estimate of drug-likeness (QED) is 0.245. The molecule has 2 N–H and O–H groups in total. The number of nitrogens with zero attached hydrogens (tertiary/aromatic N) is 3. The van der Waals surface area contributed by atoms with Crippen LogP contribution < -0.4 is 5.73 Å². The SMILES string of the molecule is CC(CN)OCCOCCOCCN=[N+]=[N-]. The highest BCUT2D eigenvalue weighted by atomic mass is 16.5. The van der Waals surface area contributed by atoms with Gasteiger partial charge in [0.2, 0.25) is 0 Å². The standard InChI is InChI=1S/C9H20N4O3/c1-9(8-10)16-7-6-15-5-4-14-3-2-12-13-11/h9H,2-8,10H2,1H3. The van der Waals surface area contributed by atoms with Crippen molar-refractivity contribution >= 4 is 0 Å². The Morgan fingerprint density at radius 2 is 1.81 bits per heavy atom. The van der Waals surface area contributed by atoms with Crippen LogP contribution in [0.1, 0.15) is 6.92 Å². The molecule has 0 aliphatic carbocycles. The maximum absolute atomic E-state index is 7.99. The molecule has 0 aliphatic rings. The van der Waals surface area contributed by atoms with E-state index in [4.69, 9.17) is 25.5 Å². The van der Waals surface area contributed by atoms with Crippen molar-refractivity contribution in [1.29, 1.82) is 0 Å². The third-order valence-corrected chi connectivity index (χ3v) is 1.73. The molecular weight excluding hydrogens is 212 g/mol. The van der Waals surface area contributed by atoms with Crippen molar-refractivity contribution in [2.24, 2.45) is 10.8 Å². The van der Waals surface area contributed by atoms with Gasteiger partial charge in [0.25, 0.3) is 0 Å². The molecule has 0 spiro atoms. The van der Waals surface area contributed by atoms with Crippen LogP contribution in [0, 0.1) is 0 Å². The number of rotatable bonds is 11. The number of hydrogen-bond donors (Lipinski definition) is 1. The normalized spacial score (nSPS) is 12.1. The van der Waals surface area contributed by atoms with Gasteiger partial charge in [-0.1, -0.05) is 5.11 Å². The minimum Gasteiger partial charge on any atom is -0.379 e. The lowest BCUT2D eigenvalue weighted by Crippen LogP contribution is -2.22. The van der Waals surface area contributed by atoms with E-state index in [-0.39, 0.29) is 6.10 Å². The molecule has 7 nitrogen and oxygen atoms in total. The van der Waals surface area contributed by atoms with Crippen LogP contribution >= 0.6 is 0 Å². The summed E-state index contributed by atoms with van der Waals surface area (Å²) in [5, 5.41) is 3.33. The molecule has 0 rings (SSSR count). The molecule has 0 amide bonds. The second-order valence-electron chi connectivity index (χ2n) is 3.10. The van der Waals surface area contributed by atoms with Crippen molar-refractivity contribution < 1.29 is 14.2 Å². The fraction of sp³-hybridized carbons (Fsp3) is 1.00. The van der Waals surface area contributed by atoms with Crippen LogP contribution in [0.25, 0.3) is 10.4 Å². The Hall–Kier alpha value is -0.850. The largest absolute Gasteiger partial charge is 0.379 e. The summed E-state index contributed by atoms with van der Waals surface area (Å²) in [6, 6.07) is 0. The molecule has 94 valence electrons. The van der Waals surface area contributed by atoms with Crippen LogP contribution in [-0.4, -0.2) is 52.2 Å². The molecule has 0 saturated carbocycles. The predicted molar refractivity (Wildman–Crippen MR) is 60.1 cm³/mol. The lowest BCUT2D eigenvalue weighted by molar-refractivity contribution is -0.00283. The molecule has 0 heterocycles. The van der Waals surface area contributed by atoms with Gasteiger partial charge in [-0.15, -0.1) is 0 Å². The van der Waals surface area contributed by atoms with Crippen LogP contribution in [0.15, 0.2) is 5.11 Å². The summed E-state index contributed by atoms with van der Waals surface area (Å²) in [5.41, 5.74) is 13.4. The van der Waals surface area contributed by atoms with E-state index in [1.165, 1.54) is 0 Å². The monoisotopic (exact) mass is 232 g/mol. The molecule has 0 fully saturated rings. The van der Waals surface area contributed by atoms with Crippen molar-refractivity contribution in [1.82, 2.24) is 0 Å². The van der Waals surface area contributed by atoms with Gasteiger partial charge in [0, 0.05) is 18.0 Å². The lowest BCUT2D eigenvalue weighted by atomic mass is 10.4. The van der Waals surface area contributed by atoms with Crippen LogP contribution in [0.3, 0.4) is 0 Å². The van der Waals surface area contributed by atoms with Gasteiger partial charge < -0.3 is 19.9 Å². The highest BCUT2D eigenvalue weighted by Crippen LogP contribution is 1.87.